The van der Waals surface area contributed by atoms with Gasteiger partial charge >= 0.3 is 0 Å². The number of rotatable bonds is 5. The Balaban J connectivity index is 2.23. The fourth-order valence-corrected chi connectivity index (χ4v) is 3.20. The fraction of sp³-hybridized carbons (Fsp3) is 0. The van der Waals surface area contributed by atoms with Gasteiger partial charge in [-0.1, -0.05) is 23.4 Å². The van der Waals surface area contributed by atoms with E-state index in [2.05, 4.69) is 0 Å². The molecule has 0 unspecified atom stereocenters. The van der Waals surface area contributed by atoms with E-state index in [0.717, 1.165) is 11.8 Å². The quantitative estimate of drug-likeness (QED) is 0.394. The van der Waals surface area contributed by atoms with Crippen molar-refractivity contribution < 1.29 is 18.0 Å². The number of thioether (sulfide) groups is 1. The van der Waals surface area contributed by atoms with Gasteiger partial charge in [-0.15, -0.1) is 0 Å². The molecule has 4 nitrogen and oxygen atoms in total. The van der Waals surface area contributed by atoms with E-state index in [4.69, 9.17) is 22.5 Å². The largest absolute Gasteiger partial charge is 0.393 e. The summed E-state index contributed by atoms with van der Waals surface area (Å²) in [4.78, 5) is 12.8. The van der Waals surface area contributed by atoms with Crippen LogP contribution in [0, 0.1) is 17.5 Å². The number of benzene rings is 2. The first-order chi connectivity index (χ1) is 11.8. The smallest absolute Gasteiger partial charge is 0.273 e. The maximum atomic E-state index is 13.6. The highest BCUT2D eigenvalue weighted by atomic mass is 35.5. The number of carbonyl (C=O) groups is 1. The Hall–Kier alpha value is -1.81. The van der Waals surface area contributed by atoms with E-state index in [1.807, 2.05) is 5.32 Å². The van der Waals surface area contributed by atoms with Crippen LogP contribution in [0.3, 0.4) is 0 Å². The van der Waals surface area contributed by atoms with Gasteiger partial charge in [0.1, 0.15) is 17.2 Å². The number of hydrogen-bond acceptors (Lipinski definition) is 5. The topological polar surface area (TPSA) is 81.1 Å². The molecule has 1 amide bonds. The fourth-order valence-electron chi connectivity index (χ4n) is 1.69. The number of amides is 1. The molecule has 0 fully saturated rings. The van der Waals surface area contributed by atoms with Gasteiger partial charge in [-0.2, -0.15) is 0 Å². The van der Waals surface area contributed by atoms with Crippen LogP contribution in [0.25, 0.3) is 0 Å². The second kappa shape index (κ2) is 8.52. The van der Waals surface area contributed by atoms with Crippen molar-refractivity contribution in [3.8, 4) is 0 Å². The van der Waals surface area contributed by atoms with Gasteiger partial charge in [-0.05, 0) is 36.2 Å². The minimum absolute atomic E-state index is 0.211. The average Bonchev–Trinajstić information content (AvgIpc) is 2.56. The number of hydrogen-bond donors (Lipinski definition) is 3. The highest BCUT2D eigenvalue weighted by molar-refractivity contribution is 8.21. The normalized spacial score (nSPS) is 11.9. The molecule has 132 valence electrons. The van der Waals surface area contributed by atoms with E-state index in [9.17, 15) is 18.0 Å². The van der Waals surface area contributed by atoms with Crippen LogP contribution in [0.15, 0.2) is 51.2 Å². The zero-order valence-corrected chi connectivity index (χ0v) is 14.7. The summed E-state index contributed by atoms with van der Waals surface area (Å²) in [6, 6.07) is 7.55. The molecule has 0 aromatic heterocycles. The van der Waals surface area contributed by atoms with Crippen LogP contribution in [-0.2, 0) is 4.79 Å². The molecule has 0 heterocycles. The molecule has 0 aliphatic rings. The minimum atomic E-state index is -1.26. The molecule has 0 bridgehead atoms. The molecule has 0 aliphatic heterocycles. The monoisotopic (exact) mass is 405 g/mol. The molecule has 0 atom stereocenters. The van der Waals surface area contributed by atoms with Gasteiger partial charge in [0.2, 0.25) is 0 Å². The standard InChI is InChI=1S/C15H11ClF3N3OS2/c16-7-1-3-9(4-2-7)24-15(25-21)12(20)14(23)22-13-10(18)5-8(17)6-11(13)19/h1-6H,20-21H2,(H,22,23)/b15-12-. The lowest BCUT2D eigenvalue weighted by Gasteiger charge is -2.11. The van der Waals surface area contributed by atoms with E-state index < -0.39 is 29.0 Å². The lowest BCUT2D eigenvalue weighted by atomic mass is 10.2. The minimum Gasteiger partial charge on any atom is -0.393 e. The lowest BCUT2D eigenvalue weighted by Crippen LogP contribution is -2.22. The van der Waals surface area contributed by atoms with Gasteiger partial charge in [0.15, 0.2) is 11.6 Å². The summed E-state index contributed by atoms with van der Waals surface area (Å²) in [5.74, 6) is -4.59. The Morgan fingerprint density at radius 3 is 2.16 bits per heavy atom. The Kier molecular flexibility index (Phi) is 6.65. The maximum absolute atomic E-state index is 13.6. The van der Waals surface area contributed by atoms with Crippen molar-refractivity contribution in [1.29, 1.82) is 0 Å². The Labute approximate surface area is 154 Å². The van der Waals surface area contributed by atoms with Gasteiger partial charge in [-0.3, -0.25) is 9.93 Å². The van der Waals surface area contributed by atoms with Crippen LogP contribution in [0.2, 0.25) is 5.02 Å². The molecule has 10 heteroatoms. The second-order valence-electron chi connectivity index (χ2n) is 4.57. The van der Waals surface area contributed by atoms with Crippen molar-refractivity contribution in [2.45, 2.75) is 4.90 Å². The van der Waals surface area contributed by atoms with Crippen LogP contribution in [-0.4, -0.2) is 5.91 Å². The van der Waals surface area contributed by atoms with Gasteiger partial charge in [0.05, 0.1) is 4.24 Å². The summed E-state index contributed by atoms with van der Waals surface area (Å²) < 4.78 is 40.3. The van der Waals surface area contributed by atoms with Crippen LogP contribution >= 0.6 is 35.3 Å². The van der Waals surface area contributed by atoms with E-state index in [0.29, 0.717) is 34.0 Å². The van der Waals surface area contributed by atoms with E-state index >= 15 is 0 Å². The van der Waals surface area contributed by atoms with E-state index in [1.54, 1.807) is 24.3 Å². The van der Waals surface area contributed by atoms with Gasteiger partial charge in [-0.25, -0.2) is 13.2 Å². The zero-order valence-electron chi connectivity index (χ0n) is 12.4. The highest BCUT2D eigenvalue weighted by Gasteiger charge is 2.18. The van der Waals surface area contributed by atoms with E-state index in [1.165, 1.54) is 0 Å². The number of anilines is 1. The first kappa shape index (κ1) is 19.5. The predicted octanol–water partition coefficient (Wildman–Crippen LogP) is 4.22. The van der Waals surface area contributed by atoms with Gasteiger partial charge < -0.3 is 11.1 Å². The molecule has 5 N–H and O–H groups in total. The van der Waals surface area contributed by atoms with Crippen LogP contribution in [0.1, 0.15) is 0 Å². The van der Waals surface area contributed by atoms with Gasteiger partial charge in [0, 0.05) is 22.1 Å². The summed E-state index contributed by atoms with van der Waals surface area (Å²) in [7, 11) is 0. The molecule has 0 spiro atoms. The molecule has 2 aromatic rings. The number of nitrogens with one attached hydrogen (secondary N) is 1. The van der Waals surface area contributed by atoms with Crippen LogP contribution in [0.5, 0.6) is 0 Å². The van der Waals surface area contributed by atoms with Crippen LogP contribution < -0.4 is 16.2 Å². The van der Waals surface area contributed by atoms with Gasteiger partial charge in [0.25, 0.3) is 5.91 Å². The number of nitrogens with two attached hydrogens (primary N) is 2. The van der Waals surface area contributed by atoms with Crippen molar-refractivity contribution in [2.24, 2.45) is 10.9 Å². The predicted molar refractivity (Wildman–Crippen MR) is 95.2 cm³/mol. The Morgan fingerprint density at radius 2 is 1.64 bits per heavy atom. The third-order valence-corrected chi connectivity index (χ3v) is 4.98. The number of halogens is 4. The lowest BCUT2D eigenvalue weighted by molar-refractivity contribution is -0.112. The van der Waals surface area contributed by atoms with Crippen molar-refractivity contribution in [3.05, 3.63) is 68.8 Å². The molecular formula is C15H11ClF3N3OS2. The van der Waals surface area contributed by atoms with Crippen LogP contribution in [0.4, 0.5) is 18.9 Å². The maximum Gasteiger partial charge on any atom is 0.273 e. The summed E-state index contributed by atoms with van der Waals surface area (Å²) in [6.07, 6.45) is 0. The second-order valence-corrected chi connectivity index (χ2v) is 7.00. The molecular weight excluding hydrogens is 395 g/mol. The SMILES string of the molecule is NS/C(Sc1ccc(Cl)cc1)=C(\N)C(=O)Nc1c(F)cc(F)cc1F. The summed E-state index contributed by atoms with van der Waals surface area (Å²) >= 11 is 7.57. The molecule has 0 saturated heterocycles. The summed E-state index contributed by atoms with van der Waals surface area (Å²) in [5, 5.41) is 8.02. The Bertz CT molecular complexity index is 808. The molecule has 0 saturated carbocycles. The molecule has 25 heavy (non-hydrogen) atoms. The number of carbonyl (C=O) groups excluding carboxylic acids is 1. The van der Waals surface area contributed by atoms with Crippen molar-refractivity contribution in [3.63, 3.8) is 0 Å². The molecule has 0 aliphatic carbocycles. The third-order valence-electron chi connectivity index (χ3n) is 2.84. The van der Waals surface area contributed by atoms with Crippen molar-refractivity contribution >= 4 is 46.9 Å². The van der Waals surface area contributed by atoms with E-state index in [-0.39, 0.29) is 9.93 Å². The molecule has 2 rings (SSSR count). The first-order valence-electron chi connectivity index (χ1n) is 6.57. The van der Waals surface area contributed by atoms with Crippen molar-refractivity contribution in [2.75, 3.05) is 5.32 Å². The molecule has 2 aromatic carbocycles. The molecule has 0 radical (unpaired) electrons. The first-order valence-corrected chi connectivity index (χ1v) is 8.65. The summed E-state index contributed by atoms with van der Waals surface area (Å²) in [5.41, 5.74) is 4.59. The zero-order chi connectivity index (χ0) is 18.6. The van der Waals surface area contributed by atoms with Crippen molar-refractivity contribution in [1.82, 2.24) is 0 Å². The Morgan fingerprint density at radius 1 is 1.08 bits per heavy atom. The average molecular weight is 406 g/mol. The highest BCUT2D eigenvalue weighted by Crippen LogP contribution is 2.34. The third kappa shape index (κ3) is 5.08. The summed E-state index contributed by atoms with van der Waals surface area (Å²) in [6.45, 7) is 0.